The van der Waals surface area contributed by atoms with Gasteiger partial charge in [-0.05, 0) is 51.4 Å². The Morgan fingerprint density at radius 3 is 1.28 bits per heavy atom. The molecule has 1 saturated heterocycles. The van der Waals surface area contributed by atoms with Crippen molar-refractivity contribution < 1.29 is 49.3 Å². The highest BCUT2D eigenvalue weighted by Gasteiger charge is 2.47. The summed E-state index contributed by atoms with van der Waals surface area (Å²) in [5, 5.41) is 57.0. The zero-order valence-electron chi connectivity index (χ0n) is 49.6. The maximum Gasteiger partial charge on any atom is 0.306 e. The number of nitrogens with one attached hydrogen (secondary N) is 1. The number of amides is 1. The van der Waals surface area contributed by atoms with Gasteiger partial charge >= 0.3 is 5.97 Å². The molecule has 0 aromatic carbocycles. The fraction of sp³-hybridized carbons (Fsp3) is 0.908. The van der Waals surface area contributed by atoms with Gasteiger partial charge in [-0.2, -0.15) is 0 Å². The molecule has 76 heavy (non-hydrogen) atoms. The number of ether oxygens (including phenoxy) is 3. The van der Waals surface area contributed by atoms with Gasteiger partial charge in [-0.15, -0.1) is 0 Å². The molecule has 0 spiro atoms. The summed E-state index contributed by atoms with van der Waals surface area (Å²) in [7, 11) is 0. The molecule has 1 fully saturated rings. The van der Waals surface area contributed by atoms with E-state index in [1.165, 1.54) is 212 Å². The second-order valence-corrected chi connectivity index (χ2v) is 22.9. The van der Waals surface area contributed by atoms with Gasteiger partial charge < -0.3 is 45.1 Å². The first-order valence-corrected chi connectivity index (χ1v) is 32.6. The number of aliphatic hydroxyl groups excluding tert-OH is 5. The average Bonchev–Trinajstić information content (AvgIpc) is 3.42. The van der Waals surface area contributed by atoms with Crippen LogP contribution in [-0.4, -0.2) is 99.6 Å². The molecule has 11 heteroatoms. The van der Waals surface area contributed by atoms with Crippen LogP contribution in [0.2, 0.25) is 0 Å². The lowest BCUT2D eigenvalue weighted by atomic mass is 9.99. The monoisotopic (exact) mass is 1080 g/mol. The van der Waals surface area contributed by atoms with E-state index in [9.17, 15) is 35.1 Å². The fourth-order valence-electron chi connectivity index (χ4n) is 10.4. The van der Waals surface area contributed by atoms with E-state index in [2.05, 4.69) is 38.2 Å². The van der Waals surface area contributed by atoms with Crippen molar-refractivity contribution in [3.05, 3.63) is 24.3 Å². The van der Waals surface area contributed by atoms with Gasteiger partial charge in [0.25, 0.3) is 0 Å². The summed E-state index contributed by atoms with van der Waals surface area (Å²) in [6, 6.07) is -1.02. The molecule has 8 atom stereocenters. The van der Waals surface area contributed by atoms with Crippen molar-refractivity contribution in [1.29, 1.82) is 0 Å². The molecule has 1 heterocycles. The molecule has 0 aromatic rings. The summed E-state index contributed by atoms with van der Waals surface area (Å²) in [6.07, 6.45) is 52.2. The smallest absolute Gasteiger partial charge is 0.306 e. The molecule has 0 radical (unpaired) electrons. The van der Waals surface area contributed by atoms with Crippen molar-refractivity contribution in [2.24, 2.45) is 0 Å². The molecule has 1 rings (SSSR count). The first kappa shape index (κ1) is 72.2. The maximum absolute atomic E-state index is 13.4. The number of hydrogen-bond acceptors (Lipinski definition) is 10. The van der Waals surface area contributed by atoms with Crippen LogP contribution in [0.15, 0.2) is 24.3 Å². The number of unbranched alkanes of at least 4 members (excludes halogenated alkanes) is 40. The van der Waals surface area contributed by atoms with Crippen molar-refractivity contribution in [3.8, 4) is 0 Å². The fourth-order valence-corrected chi connectivity index (χ4v) is 10.4. The van der Waals surface area contributed by atoms with Gasteiger partial charge in [-0.1, -0.05) is 283 Å². The summed E-state index contributed by atoms with van der Waals surface area (Å²) in [5.74, 6) is -1.18. The van der Waals surface area contributed by atoms with Gasteiger partial charge in [0.2, 0.25) is 5.91 Å². The van der Waals surface area contributed by atoms with Gasteiger partial charge in [0.05, 0.1) is 25.4 Å². The van der Waals surface area contributed by atoms with Gasteiger partial charge in [0.15, 0.2) is 12.4 Å². The molecule has 0 aromatic heterocycles. The van der Waals surface area contributed by atoms with Crippen LogP contribution in [0.25, 0.3) is 0 Å². The number of carbonyl (C=O) groups is 2. The standard InChI is InChI=1S/C65H123NO10/c1-4-7-10-13-16-19-22-25-26-27-28-29-30-31-32-33-34-35-38-41-44-47-50-53-60(70)76-63-62(72)61(71)59(54-67)75-65(63)74-55-56(57(68)51-48-45-42-39-36-23-20-17-14-11-8-5-2)66-64(73)58(69)52-49-46-43-40-37-24-21-18-15-12-9-6-3/h25-26,48,51,56-59,61-63,65,67-69,71-72H,4-24,27-47,49-50,52-55H2,1-3H3,(H,66,73)/b26-25+,51-48+. The molecule has 0 bridgehead atoms. The summed E-state index contributed by atoms with van der Waals surface area (Å²) < 4.78 is 17.6. The number of carbonyl (C=O) groups excluding carboxylic acids is 2. The molecule has 1 amide bonds. The number of hydrogen-bond donors (Lipinski definition) is 6. The molecule has 0 aliphatic carbocycles. The first-order chi connectivity index (χ1) is 37.2. The van der Waals surface area contributed by atoms with E-state index in [1.54, 1.807) is 6.08 Å². The number of aliphatic hydroxyl groups is 5. The SMILES string of the molecule is CCCCCCCC/C=C/CCCCCCCCCCCCCCCC(=O)OC1C(OCC(NC(=O)C(O)CCCCCCCCCCCCCC)C(O)/C=C/CCCCCCCCCCCC)OC(CO)C(O)C1O. The van der Waals surface area contributed by atoms with Crippen LogP contribution in [0.4, 0.5) is 0 Å². The Morgan fingerprint density at radius 1 is 0.500 bits per heavy atom. The van der Waals surface area contributed by atoms with E-state index in [4.69, 9.17) is 14.2 Å². The average molecular weight is 1080 g/mol. The third kappa shape index (κ3) is 41.2. The summed E-state index contributed by atoms with van der Waals surface area (Å²) in [6.45, 7) is 5.81. The lowest BCUT2D eigenvalue weighted by molar-refractivity contribution is -0.305. The topological polar surface area (TPSA) is 175 Å². The predicted octanol–water partition coefficient (Wildman–Crippen LogP) is 15.7. The van der Waals surface area contributed by atoms with Crippen LogP contribution in [0, 0.1) is 0 Å². The van der Waals surface area contributed by atoms with Gasteiger partial charge in [0, 0.05) is 6.42 Å². The first-order valence-electron chi connectivity index (χ1n) is 32.6. The molecule has 1 aliphatic heterocycles. The van der Waals surface area contributed by atoms with Crippen LogP contribution >= 0.6 is 0 Å². The molecular weight excluding hydrogens is 955 g/mol. The third-order valence-corrected chi connectivity index (χ3v) is 15.6. The van der Waals surface area contributed by atoms with E-state index in [0.29, 0.717) is 19.3 Å². The third-order valence-electron chi connectivity index (χ3n) is 15.6. The Bertz CT molecular complexity index is 1330. The molecule has 0 saturated carbocycles. The molecule has 1 aliphatic rings. The van der Waals surface area contributed by atoms with E-state index < -0.39 is 67.4 Å². The summed E-state index contributed by atoms with van der Waals surface area (Å²) >= 11 is 0. The van der Waals surface area contributed by atoms with Gasteiger partial charge in [-0.3, -0.25) is 9.59 Å². The molecule has 448 valence electrons. The zero-order valence-corrected chi connectivity index (χ0v) is 49.6. The van der Waals surface area contributed by atoms with Crippen molar-refractivity contribution in [1.82, 2.24) is 5.32 Å². The van der Waals surface area contributed by atoms with Gasteiger partial charge in [-0.25, -0.2) is 0 Å². The second kappa shape index (κ2) is 53.8. The predicted molar refractivity (Wildman–Crippen MR) is 315 cm³/mol. The molecule has 6 N–H and O–H groups in total. The van der Waals surface area contributed by atoms with E-state index in [-0.39, 0.29) is 13.0 Å². The Morgan fingerprint density at radius 2 is 0.868 bits per heavy atom. The Labute approximate surface area is 467 Å². The quantitative estimate of drug-likeness (QED) is 0.0195. The Balaban J connectivity index is 2.58. The minimum atomic E-state index is -1.61. The highest BCUT2D eigenvalue weighted by atomic mass is 16.7. The Hall–Kier alpha value is -1.86. The number of esters is 1. The maximum atomic E-state index is 13.4. The Kier molecular flexibility index (Phi) is 51.0. The van der Waals surface area contributed by atoms with Crippen molar-refractivity contribution in [2.75, 3.05) is 13.2 Å². The summed E-state index contributed by atoms with van der Waals surface area (Å²) in [5.41, 5.74) is 0. The summed E-state index contributed by atoms with van der Waals surface area (Å²) in [4.78, 5) is 26.5. The van der Waals surface area contributed by atoms with E-state index in [0.717, 1.165) is 57.8 Å². The van der Waals surface area contributed by atoms with E-state index >= 15 is 0 Å². The van der Waals surface area contributed by atoms with Crippen LogP contribution in [-0.2, 0) is 23.8 Å². The number of allylic oxidation sites excluding steroid dienone is 3. The van der Waals surface area contributed by atoms with Crippen LogP contribution in [0.1, 0.15) is 316 Å². The highest BCUT2D eigenvalue weighted by Crippen LogP contribution is 2.26. The van der Waals surface area contributed by atoms with Crippen molar-refractivity contribution in [2.45, 2.75) is 365 Å². The minimum Gasteiger partial charge on any atom is -0.454 e. The van der Waals surface area contributed by atoms with Crippen molar-refractivity contribution >= 4 is 11.9 Å². The molecule has 11 nitrogen and oxygen atoms in total. The minimum absolute atomic E-state index is 0.128. The largest absolute Gasteiger partial charge is 0.454 e. The molecular formula is C65H123NO10. The molecule has 8 unspecified atom stereocenters. The van der Waals surface area contributed by atoms with Gasteiger partial charge in [0.1, 0.15) is 24.4 Å². The number of rotatable bonds is 56. The second-order valence-electron chi connectivity index (χ2n) is 22.9. The normalized spacial score (nSPS) is 19.2. The van der Waals surface area contributed by atoms with Crippen molar-refractivity contribution in [3.63, 3.8) is 0 Å². The van der Waals surface area contributed by atoms with E-state index in [1.807, 2.05) is 6.08 Å². The van der Waals surface area contributed by atoms with Crippen LogP contribution in [0.5, 0.6) is 0 Å². The van der Waals surface area contributed by atoms with Crippen LogP contribution < -0.4 is 5.32 Å². The lowest BCUT2D eigenvalue weighted by Crippen LogP contribution is -2.61. The van der Waals surface area contributed by atoms with Crippen LogP contribution in [0.3, 0.4) is 0 Å². The lowest BCUT2D eigenvalue weighted by Gasteiger charge is -2.41. The highest BCUT2D eigenvalue weighted by molar-refractivity contribution is 5.80. The zero-order chi connectivity index (χ0) is 55.4.